The van der Waals surface area contributed by atoms with E-state index >= 15 is 0 Å². The molecule has 0 unspecified atom stereocenters. The van der Waals surface area contributed by atoms with Gasteiger partial charge in [-0.15, -0.1) is 0 Å². The number of benzene rings is 2. The standard InChI is InChI=1S/C17H16O3/c1-2-3-12-4-6-13(7-5-12)17(18)14-8-9-15-16(10-14)20-11-19-15/h4-10H,2-3,11H2,1H3. The van der Waals surface area contributed by atoms with Crippen LogP contribution in [0.4, 0.5) is 0 Å². The Morgan fingerprint density at radius 3 is 2.45 bits per heavy atom. The average molecular weight is 268 g/mol. The molecule has 2 aromatic carbocycles. The van der Waals surface area contributed by atoms with Crippen molar-refractivity contribution < 1.29 is 14.3 Å². The lowest BCUT2D eigenvalue weighted by atomic mass is 10.0. The van der Waals surface area contributed by atoms with Crippen molar-refractivity contribution in [2.75, 3.05) is 6.79 Å². The molecule has 1 aliphatic rings. The molecule has 0 aromatic heterocycles. The van der Waals surface area contributed by atoms with Gasteiger partial charge in [0.15, 0.2) is 17.3 Å². The van der Waals surface area contributed by atoms with E-state index in [1.165, 1.54) is 5.56 Å². The fraction of sp³-hybridized carbons (Fsp3) is 0.235. The third-order valence-electron chi connectivity index (χ3n) is 3.39. The maximum absolute atomic E-state index is 12.4. The van der Waals surface area contributed by atoms with Gasteiger partial charge in [0, 0.05) is 11.1 Å². The summed E-state index contributed by atoms with van der Waals surface area (Å²) >= 11 is 0. The molecule has 20 heavy (non-hydrogen) atoms. The molecule has 2 aromatic rings. The number of fused-ring (bicyclic) bond motifs is 1. The molecule has 0 saturated carbocycles. The Morgan fingerprint density at radius 2 is 1.70 bits per heavy atom. The van der Waals surface area contributed by atoms with Gasteiger partial charge in [0.2, 0.25) is 6.79 Å². The molecule has 0 spiro atoms. The smallest absolute Gasteiger partial charge is 0.231 e. The predicted octanol–water partition coefficient (Wildman–Crippen LogP) is 3.60. The van der Waals surface area contributed by atoms with Crippen LogP contribution in [0.25, 0.3) is 0 Å². The Kier molecular flexibility index (Phi) is 3.42. The van der Waals surface area contributed by atoms with E-state index < -0.39 is 0 Å². The van der Waals surface area contributed by atoms with E-state index in [0.717, 1.165) is 12.8 Å². The van der Waals surface area contributed by atoms with E-state index in [1.807, 2.05) is 24.3 Å². The van der Waals surface area contributed by atoms with Gasteiger partial charge in [-0.25, -0.2) is 0 Å². The quantitative estimate of drug-likeness (QED) is 0.795. The maximum Gasteiger partial charge on any atom is 0.231 e. The van der Waals surface area contributed by atoms with E-state index in [0.29, 0.717) is 22.6 Å². The number of carbonyl (C=O) groups excluding carboxylic acids is 1. The van der Waals surface area contributed by atoms with Crippen LogP contribution in [0.1, 0.15) is 34.8 Å². The van der Waals surface area contributed by atoms with Gasteiger partial charge in [-0.2, -0.15) is 0 Å². The van der Waals surface area contributed by atoms with Crippen LogP contribution >= 0.6 is 0 Å². The van der Waals surface area contributed by atoms with Crippen molar-refractivity contribution in [3.05, 3.63) is 59.2 Å². The van der Waals surface area contributed by atoms with Crippen LogP contribution in [-0.4, -0.2) is 12.6 Å². The van der Waals surface area contributed by atoms with E-state index in [-0.39, 0.29) is 12.6 Å². The topological polar surface area (TPSA) is 35.5 Å². The highest BCUT2D eigenvalue weighted by molar-refractivity contribution is 6.09. The van der Waals surface area contributed by atoms with Crippen LogP contribution in [0.2, 0.25) is 0 Å². The van der Waals surface area contributed by atoms with Crippen molar-refractivity contribution in [1.82, 2.24) is 0 Å². The summed E-state index contributed by atoms with van der Waals surface area (Å²) in [5.74, 6) is 1.34. The third kappa shape index (κ3) is 2.39. The second-order valence-corrected chi connectivity index (χ2v) is 4.84. The molecule has 0 N–H and O–H groups in total. The second kappa shape index (κ2) is 5.37. The highest BCUT2D eigenvalue weighted by atomic mass is 16.7. The van der Waals surface area contributed by atoms with Crippen LogP contribution in [-0.2, 0) is 6.42 Å². The molecule has 0 amide bonds. The predicted molar refractivity (Wildman–Crippen MR) is 76.4 cm³/mol. The molecule has 0 radical (unpaired) electrons. The van der Waals surface area contributed by atoms with Gasteiger partial charge in [-0.1, -0.05) is 37.6 Å². The molecular weight excluding hydrogens is 252 g/mol. The van der Waals surface area contributed by atoms with Crippen molar-refractivity contribution in [3.63, 3.8) is 0 Å². The molecular formula is C17H16O3. The molecule has 3 heteroatoms. The number of hydrogen-bond acceptors (Lipinski definition) is 3. The van der Waals surface area contributed by atoms with Crippen LogP contribution in [0.15, 0.2) is 42.5 Å². The van der Waals surface area contributed by atoms with E-state index in [1.54, 1.807) is 18.2 Å². The van der Waals surface area contributed by atoms with Crippen molar-refractivity contribution >= 4 is 5.78 Å². The zero-order valence-corrected chi connectivity index (χ0v) is 11.4. The molecule has 1 heterocycles. The van der Waals surface area contributed by atoms with E-state index in [2.05, 4.69) is 6.92 Å². The van der Waals surface area contributed by atoms with Gasteiger partial charge in [0.05, 0.1) is 0 Å². The van der Waals surface area contributed by atoms with Crippen molar-refractivity contribution in [2.24, 2.45) is 0 Å². The number of carbonyl (C=O) groups is 1. The first-order valence-electron chi connectivity index (χ1n) is 6.81. The minimum Gasteiger partial charge on any atom is -0.454 e. The lowest BCUT2D eigenvalue weighted by Gasteiger charge is -2.04. The van der Waals surface area contributed by atoms with Crippen LogP contribution in [0.3, 0.4) is 0 Å². The third-order valence-corrected chi connectivity index (χ3v) is 3.39. The summed E-state index contributed by atoms with van der Waals surface area (Å²) in [6.07, 6.45) is 2.15. The van der Waals surface area contributed by atoms with Gasteiger partial charge in [0.1, 0.15) is 0 Å². The Balaban J connectivity index is 1.84. The molecule has 3 nitrogen and oxygen atoms in total. The fourth-order valence-electron chi connectivity index (χ4n) is 2.32. The van der Waals surface area contributed by atoms with E-state index in [9.17, 15) is 4.79 Å². The zero-order valence-electron chi connectivity index (χ0n) is 11.4. The largest absolute Gasteiger partial charge is 0.454 e. The first kappa shape index (κ1) is 12.7. The fourth-order valence-corrected chi connectivity index (χ4v) is 2.32. The van der Waals surface area contributed by atoms with Crippen LogP contribution < -0.4 is 9.47 Å². The molecule has 1 aliphatic heterocycles. The van der Waals surface area contributed by atoms with Crippen LogP contribution in [0.5, 0.6) is 11.5 Å². The SMILES string of the molecule is CCCc1ccc(C(=O)c2ccc3c(c2)OCO3)cc1. The van der Waals surface area contributed by atoms with Crippen molar-refractivity contribution in [2.45, 2.75) is 19.8 Å². The number of hydrogen-bond donors (Lipinski definition) is 0. The summed E-state index contributed by atoms with van der Waals surface area (Å²) in [6.45, 7) is 2.37. The van der Waals surface area contributed by atoms with E-state index in [4.69, 9.17) is 9.47 Å². The average Bonchev–Trinajstić information content (AvgIpc) is 2.95. The molecule has 0 atom stereocenters. The molecule has 3 rings (SSSR count). The number of rotatable bonds is 4. The summed E-state index contributed by atoms with van der Waals surface area (Å²) in [7, 11) is 0. The lowest BCUT2D eigenvalue weighted by molar-refractivity contribution is 0.103. The van der Waals surface area contributed by atoms with Gasteiger partial charge >= 0.3 is 0 Å². The molecule has 0 aliphatic carbocycles. The first-order valence-corrected chi connectivity index (χ1v) is 6.81. The maximum atomic E-state index is 12.4. The highest BCUT2D eigenvalue weighted by Crippen LogP contribution is 2.33. The summed E-state index contributed by atoms with van der Waals surface area (Å²) in [4.78, 5) is 12.4. The summed E-state index contributed by atoms with van der Waals surface area (Å²) in [6, 6.07) is 13.1. The molecule has 0 saturated heterocycles. The molecule has 102 valence electrons. The monoisotopic (exact) mass is 268 g/mol. The normalized spacial score (nSPS) is 12.4. The Hall–Kier alpha value is -2.29. The number of ether oxygens (including phenoxy) is 2. The van der Waals surface area contributed by atoms with Gasteiger partial charge < -0.3 is 9.47 Å². The van der Waals surface area contributed by atoms with Crippen molar-refractivity contribution in [1.29, 1.82) is 0 Å². The summed E-state index contributed by atoms with van der Waals surface area (Å²) in [5, 5.41) is 0. The Labute approximate surface area is 118 Å². The van der Waals surface area contributed by atoms with Crippen molar-refractivity contribution in [3.8, 4) is 11.5 Å². The van der Waals surface area contributed by atoms with Gasteiger partial charge in [0.25, 0.3) is 0 Å². The molecule has 0 bridgehead atoms. The van der Waals surface area contributed by atoms with Crippen LogP contribution in [0, 0.1) is 0 Å². The number of ketones is 1. The number of aryl methyl sites for hydroxylation is 1. The Bertz CT molecular complexity index is 629. The second-order valence-electron chi connectivity index (χ2n) is 4.84. The zero-order chi connectivity index (χ0) is 13.9. The van der Waals surface area contributed by atoms with Gasteiger partial charge in [-0.3, -0.25) is 4.79 Å². The van der Waals surface area contributed by atoms with Gasteiger partial charge in [-0.05, 0) is 30.2 Å². The summed E-state index contributed by atoms with van der Waals surface area (Å²) in [5.41, 5.74) is 2.58. The first-order chi connectivity index (χ1) is 9.78. The lowest BCUT2D eigenvalue weighted by Crippen LogP contribution is -2.01. The minimum absolute atomic E-state index is 0.00588. The Morgan fingerprint density at radius 1 is 1.00 bits per heavy atom. The summed E-state index contributed by atoms with van der Waals surface area (Å²) < 4.78 is 10.5. The minimum atomic E-state index is 0.00588. The highest BCUT2D eigenvalue weighted by Gasteiger charge is 2.17. The molecule has 0 fully saturated rings.